The van der Waals surface area contributed by atoms with Gasteiger partial charge in [0.05, 0.1) is 0 Å². The van der Waals surface area contributed by atoms with Crippen LogP contribution < -0.4 is 11.3 Å². The fraction of sp³-hybridized carbons (Fsp3) is 0.583. The van der Waals surface area contributed by atoms with E-state index in [1.807, 2.05) is 0 Å². The summed E-state index contributed by atoms with van der Waals surface area (Å²) >= 11 is 0. The first-order chi connectivity index (χ1) is 7.16. The molecule has 0 bridgehead atoms. The van der Waals surface area contributed by atoms with E-state index in [1.54, 1.807) is 22.9 Å². The molecule has 1 heterocycles. The van der Waals surface area contributed by atoms with Crippen molar-refractivity contribution in [3.05, 3.63) is 28.7 Å². The van der Waals surface area contributed by atoms with Crippen molar-refractivity contribution in [2.24, 2.45) is 11.8 Å². The van der Waals surface area contributed by atoms with E-state index in [0.717, 1.165) is 12.5 Å². The molecule has 1 aromatic rings. The molecule has 1 saturated carbocycles. The maximum absolute atomic E-state index is 11.5. The Morgan fingerprint density at radius 1 is 1.53 bits per heavy atom. The lowest BCUT2D eigenvalue weighted by atomic mass is 9.76. The van der Waals surface area contributed by atoms with Crippen molar-refractivity contribution in [1.29, 1.82) is 0 Å². The van der Waals surface area contributed by atoms with Crippen LogP contribution in [0.15, 0.2) is 23.1 Å². The molecule has 1 aliphatic carbocycles. The van der Waals surface area contributed by atoms with E-state index in [9.17, 15) is 4.79 Å². The van der Waals surface area contributed by atoms with Crippen LogP contribution in [0.25, 0.3) is 0 Å². The fourth-order valence-corrected chi connectivity index (χ4v) is 2.16. The van der Waals surface area contributed by atoms with Crippen molar-refractivity contribution in [3.8, 4) is 0 Å². The Morgan fingerprint density at radius 3 is 2.87 bits per heavy atom. The molecule has 1 unspecified atom stereocenters. The van der Waals surface area contributed by atoms with Crippen molar-refractivity contribution < 1.29 is 0 Å². The van der Waals surface area contributed by atoms with Crippen LogP contribution in [0.3, 0.4) is 0 Å². The molecule has 3 heteroatoms. The van der Waals surface area contributed by atoms with Gasteiger partial charge in [-0.1, -0.05) is 26.2 Å². The summed E-state index contributed by atoms with van der Waals surface area (Å²) in [4.78, 5) is 11.5. The van der Waals surface area contributed by atoms with E-state index in [4.69, 9.17) is 5.73 Å². The van der Waals surface area contributed by atoms with E-state index >= 15 is 0 Å². The molecule has 0 radical (unpaired) electrons. The third kappa shape index (κ3) is 2.22. The van der Waals surface area contributed by atoms with Gasteiger partial charge in [-0.25, -0.2) is 0 Å². The molecule has 82 valence electrons. The normalized spacial score (nSPS) is 18.5. The van der Waals surface area contributed by atoms with Gasteiger partial charge in [-0.2, -0.15) is 0 Å². The smallest absolute Gasteiger partial charge is 0.250 e. The predicted octanol–water partition coefficient (Wildman–Crippen LogP) is 1.87. The molecule has 0 saturated heterocycles. The van der Waals surface area contributed by atoms with Crippen molar-refractivity contribution in [1.82, 2.24) is 4.57 Å². The van der Waals surface area contributed by atoms with Crippen LogP contribution in [0, 0.1) is 11.8 Å². The van der Waals surface area contributed by atoms with Crippen LogP contribution in [-0.2, 0) is 6.54 Å². The van der Waals surface area contributed by atoms with Crippen molar-refractivity contribution in [2.45, 2.75) is 32.7 Å². The van der Waals surface area contributed by atoms with E-state index in [0.29, 0.717) is 11.6 Å². The first-order valence-corrected chi connectivity index (χ1v) is 5.63. The number of aromatic nitrogens is 1. The average molecular weight is 206 g/mol. The Kier molecular flexibility index (Phi) is 2.80. The molecule has 2 N–H and O–H groups in total. The molecular weight excluding hydrogens is 188 g/mol. The van der Waals surface area contributed by atoms with Crippen molar-refractivity contribution in [2.75, 3.05) is 5.73 Å². The topological polar surface area (TPSA) is 48.0 Å². The standard InChI is InChI=1S/C12H18N2O/c1-9(10-3-2-4-10)7-14-8-11(13)5-6-12(14)15/h5-6,8-10H,2-4,7,13H2,1H3. The number of hydrogen-bond acceptors (Lipinski definition) is 2. The third-order valence-corrected chi connectivity index (χ3v) is 3.45. The van der Waals surface area contributed by atoms with Crippen LogP contribution >= 0.6 is 0 Å². The summed E-state index contributed by atoms with van der Waals surface area (Å²) in [6.07, 6.45) is 5.73. The zero-order chi connectivity index (χ0) is 10.8. The monoisotopic (exact) mass is 206 g/mol. The number of hydrogen-bond donors (Lipinski definition) is 1. The maximum atomic E-state index is 11.5. The zero-order valence-electron chi connectivity index (χ0n) is 9.15. The SMILES string of the molecule is CC(Cn1cc(N)ccc1=O)C1CCC1. The number of nitrogens with two attached hydrogens (primary N) is 1. The molecule has 0 spiro atoms. The largest absolute Gasteiger partial charge is 0.398 e. The van der Waals surface area contributed by atoms with Gasteiger partial charge in [0.1, 0.15) is 0 Å². The summed E-state index contributed by atoms with van der Waals surface area (Å²) in [6, 6.07) is 3.20. The second-order valence-corrected chi connectivity index (χ2v) is 4.62. The van der Waals surface area contributed by atoms with Crippen molar-refractivity contribution >= 4 is 5.69 Å². The van der Waals surface area contributed by atoms with Gasteiger partial charge in [0, 0.05) is 24.5 Å². The van der Waals surface area contributed by atoms with Crippen LogP contribution in [0.5, 0.6) is 0 Å². The molecule has 1 aliphatic rings. The van der Waals surface area contributed by atoms with Gasteiger partial charge in [0.2, 0.25) is 0 Å². The van der Waals surface area contributed by atoms with Crippen LogP contribution in [-0.4, -0.2) is 4.57 Å². The number of nitrogens with zero attached hydrogens (tertiary/aromatic N) is 1. The second kappa shape index (κ2) is 4.09. The van der Waals surface area contributed by atoms with E-state index in [1.165, 1.54) is 19.3 Å². The Bertz CT molecular complexity index is 393. The number of pyridine rings is 1. The average Bonchev–Trinajstić information content (AvgIpc) is 2.08. The summed E-state index contributed by atoms with van der Waals surface area (Å²) in [5.41, 5.74) is 6.38. The Balaban J connectivity index is 2.09. The molecule has 1 fully saturated rings. The summed E-state index contributed by atoms with van der Waals surface area (Å²) < 4.78 is 1.73. The van der Waals surface area contributed by atoms with E-state index in [-0.39, 0.29) is 5.56 Å². The maximum Gasteiger partial charge on any atom is 0.250 e. The Morgan fingerprint density at radius 2 is 2.27 bits per heavy atom. The molecule has 2 rings (SSSR count). The highest BCUT2D eigenvalue weighted by molar-refractivity contribution is 5.33. The molecule has 1 aromatic heterocycles. The number of anilines is 1. The molecule has 0 aliphatic heterocycles. The van der Waals surface area contributed by atoms with E-state index in [2.05, 4.69) is 6.92 Å². The summed E-state index contributed by atoms with van der Waals surface area (Å²) in [7, 11) is 0. The summed E-state index contributed by atoms with van der Waals surface area (Å²) in [6.45, 7) is 3.02. The van der Waals surface area contributed by atoms with Gasteiger partial charge >= 0.3 is 0 Å². The van der Waals surface area contributed by atoms with Crippen molar-refractivity contribution in [3.63, 3.8) is 0 Å². The molecule has 15 heavy (non-hydrogen) atoms. The van der Waals surface area contributed by atoms with Gasteiger partial charge in [0.15, 0.2) is 0 Å². The highest BCUT2D eigenvalue weighted by Gasteiger charge is 2.24. The predicted molar refractivity (Wildman–Crippen MR) is 61.6 cm³/mol. The molecule has 0 aromatic carbocycles. The first-order valence-electron chi connectivity index (χ1n) is 5.63. The lowest BCUT2D eigenvalue weighted by Gasteiger charge is -2.31. The lowest BCUT2D eigenvalue weighted by Crippen LogP contribution is -2.28. The first kappa shape index (κ1) is 10.3. The Hall–Kier alpha value is -1.25. The highest BCUT2D eigenvalue weighted by Crippen LogP contribution is 2.33. The van der Waals surface area contributed by atoms with Crippen LogP contribution in [0.4, 0.5) is 5.69 Å². The van der Waals surface area contributed by atoms with Gasteiger partial charge in [-0.3, -0.25) is 4.79 Å². The third-order valence-electron chi connectivity index (χ3n) is 3.45. The van der Waals surface area contributed by atoms with Gasteiger partial charge in [0.25, 0.3) is 5.56 Å². The highest BCUT2D eigenvalue weighted by atomic mass is 16.1. The molecule has 0 amide bonds. The summed E-state index contributed by atoms with van der Waals surface area (Å²) in [5.74, 6) is 1.39. The second-order valence-electron chi connectivity index (χ2n) is 4.62. The zero-order valence-corrected chi connectivity index (χ0v) is 9.15. The van der Waals surface area contributed by atoms with Gasteiger partial charge in [-0.15, -0.1) is 0 Å². The minimum absolute atomic E-state index is 0.0513. The van der Waals surface area contributed by atoms with Gasteiger partial charge in [-0.05, 0) is 17.9 Å². The minimum Gasteiger partial charge on any atom is -0.398 e. The van der Waals surface area contributed by atoms with Crippen LogP contribution in [0.1, 0.15) is 26.2 Å². The number of rotatable bonds is 3. The quantitative estimate of drug-likeness (QED) is 0.820. The Labute approximate surface area is 89.9 Å². The summed E-state index contributed by atoms with van der Waals surface area (Å²) in [5, 5.41) is 0. The minimum atomic E-state index is 0.0513. The molecule has 1 atom stereocenters. The number of nitrogen functional groups attached to an aromatic ring is 1. The lowest BCUT2D eigenvalue weighted by molar-refractivity contribution is 0.200. The van der Waals surface area contributed by atoms with E-state index < -0.39 is 0 Å². The molecule has 3 nitrogen and oxygen atoms in total. The molecular formula is C12H18N2O. The van der Waals surface area contributed by atoms with Crippen LogP contribution in [0.2, 0.25) is 0 Å². The van der Waals surface area contributed by atoms with Gasteiger partial charge < -0.3 is 10.3 Å². The fourth-order valence-electron chi connectivity index (χ4n) is 2.16.